The Balaban J connectivity index is 1.71. The molecule has 2 rings (SSSR count). The maximum absolute atomic E-state index is 5.90. The lowest BCUT2D eigenvalue weighted by Crippen LogP contribution is -2.20. The van der Waals surface area contributed by atoms with E-state index in [1.807, 2.05) is 0 Å². The van der Waals surface area contributed by atoms with E-state index >= 15 is 0 Å². The molecule has 1 N–H and O–H groups in total. The Morgan fingerprint density at radius 1 is 1.21 bits per heavy atom. The zero-order valence-corrected chi connectivity index (χ0v) is 12.9. The van der Waals surface area contributed by atoms with E-state index in [2.05, 4.69) is 23.7 Å². The second-order valence-corrected chi connectivity index (χ2v) is 6.03. The monoisotopic (exact) mass is 315 g/mol. The maximum Gasteiger partial charge on any atom is 0.122 e. The molecule has 0 unspecified atom stereocenters. The molecule has 0 bridgehead atoms. The minimum absolute atomic E-state index is 0.584. The van der Waals surface area contributed by atoms with Gasteiger partial charge in [-0.2, -0.15) is 0 Å². The largest absolute Gasteiger partial charge is 0.492 e. The third-order valence-corrected chi connectivity index (χ3v) is 4.10. The fourth-order valence-electron chi connectivity index (χ4n) is 1.64. The molecule has 0 saturated carbocycles. The molecule has 1 heterocycles. The Morgan fingerprint density at radius 2 is 1.95 bits per heavy atom. The summed E-state index contributed by atoms with van der Waals surface area (Å²) in [6.07, 6.45) is 0. The van der Waals surface area contributed by atoms with Crippen molar-refractivity contribution in [3.8, 4) is 5.75 Å². The standard InChI is InChI=1S/C14H15Cl2NOS/c1-10-2-5-19-14(10)9-17-3-4-18-13-7-11(15)6-12(16)8-13/h2,5-8,17H,3-4,9H2,1H3. The molecule has 0 aliphatic rings. The molecule has 0 radical (unpaired) electrons. The Hall–Kier alpha value is -0.740. The highest BCUT2D eigenvalue weighted by atomic mass is 35.5. The normalized spacial score (nSPS) is 10.7. The molecule has 2 nitrogen and oxygen atoms in total. The third-order valence-electron chi connectivity index (χ3n) is 2.64. The summed E-state index contributed by atoms with van der Waals surface area (Å²) in [6.45, 7) is 4.36. The highest BCUT2D eigenvalue weighted by Gasteiger charge is 2.00. The number of ether oxygens (including phenoxy) is 1. The van der Waals surface area contributed by atoms with Crippen LogP contribution in [-0.2, 0) is 6.54 Å². The zero-order valence-electron chi connectivity index (χ0n) is 10.6. The molecule has 1 aromatic heterocycles. The minimum Gasteiger partial charge on any atom is -0.492 e. The Morgan fingerprint density at radius 3 is 2.58 bits per heavy atom. The van der Waals surface area contributed by atoms with Crippen LogP contribution >= 0.6 is 34.5 Å². The lowest BCUT2D eigenvalue weighted by atomic mass is 10.3. The number of rotatable bonds is 6. The summed E-state index contributed by atoms with van der Waals surface area (Å²) >= 11 is 13.6. The zero-order chi connectivity index (χ0) is 13.7. The van der Waals surface area contributed by atoms with Crippen molar-refractivity contribution in [3.63, 3.8) is 0 Å². The van der Waals surface area contributed by atoms with E-state index < -0.39 is 0 Å². The number of hydrogen-bond donors (Lipinski definition) is 1. The molecule has 19 heavy (non-hydrogen) atoms. The van der Waals surface area contributed by atoms with Crippen molar-refractivity contribution in [1.29, 1.82) is 0 Å². The van der Waals surface area contributed by atoms with Gasteiger partial charge in [-0.1, -0.05) is 23.2 Å². The van der Waals surface area contributed by atoms with Crippen molar-refractivity contribution in [2.45, 2.75) is 13.5 Å². The van der Waals surface area contributed by atoms with Gasteiger partial charge in [-0.25, -0.2) is 0 Å². The van der Waals surface area contributed by atoms with E-state index in [9.17, 15) is 0 Å². The SMILES string of the molecule is Cc1ccsc1CNCCOc1cc(Cl)cc(Cl)c1. The van der Waals surface area contributed by atoms with Crippen molar-refractivity contribution >= 4 is 34.5 Å². The van der Waals surface area contributed by atoms with Gasteiger partial charge < -0.3 is 10.1 Å². The molecule has 0 spiro atoms. The lowest BCUT2D eigenvalue weighted by Gasteiger charge is -2.08. The fourth-order valence-corrected chi connectivity index (χ4v) is 3.02. The van der Waals surface area contributed by atoms with E-state index in [0.717, 1.165) is 13.1 Å². The van der Waals surface area contributed by atoms with E-state index in [4.69, 9.17) is 27.9 Å². The first-order valence-corrected chi connectivity index (χ1v) is 7.61. The van der Waals surface area contributed by atoms with Crippen LogP contribution < -0.4 is 10.1 Å². The van der Waals surface area contributed by atoms with Gasteiger partial charge in [0.1, 0.15) is 12.4 Å². The van der Waals surface area contributed by atoms with Crippen molar-refractivity contribution in [3.05, 3.63) is 50.1 Å². The van der Waals surface area contributed by atoms with Crippen LogP contribution in [0.3, 0.4) is 0 Å². The van der Waals surface area contributed by atoms with Crippen LogP contribution in [0.2, 0.25) is 10.0 Å². The van der Waals surface area contributed by atoms with Crippen LogP contribution in [0.4, 0.5) is 0 Å². The molecule has 102 valence electrons. The highest BCUT2D eigenvalue weighted by molar-refractivity contribution is 7.10. The second kappa shape index (κ2) is 7.15. The second-order valence-electron chi connectivity index (χ2n) is 4.16. The molecule has 5 heteroatoms. The summed E-state index contributed by atoms with van der Waals surface area (Å²) < 4.78 is 5.59. The maximum atomic E-state index is 5.90. The molecule has 0 amide bonds. The summed E-state index contributed by atoms with van der Waals surface area (Å²) in [4.78, 5) is 1.37. The van der Waals surface area contributed by atoms with Crippen LogP contribution in [0.25, 0.3) is 0 Å². The van der Waals surface area contributed by atoms with Gasteiger partial charge in [0.05, 0.1) is 0 Å². The number of halogens is 2. The first-order chi connectivity index (χ1) is 9.15. The molecular weight excluding hydrogens is 301 g/mol. The van der Waals surface area contributed by atoms with E-state index in [1.165, 1.54) is 10.4 Å². The average molecular weight is 316 g/mol. The van der Waals surface area contributed by atoms with Crippen molar-refractivity contribution in [1.82, 2.24) is 5.32 Å². The molecular formula is C14H15Cl2NOS. The summed E-state index contributed by atoms with van der Waals surface area (Å²) in [5.74, 6) is 0.701. The quantitative estimate of drug-likeness (QED) is 0.791. The fraction of sp³-hybridized carbons (Fsp3) is 0.286. The topological polar surface area (TPSA) is 21.3 Å². The van der Waals surface area contributed by atoms with Crippen LogP contribution in [-0.4, -0.2) is 13.2 Å². The van der Waals surface area contributed by atoms with Gasteiger partial charge in [0.15, 0.2) is 0 Å². The third kappa shape index (κ3) is 4.69. The van der Waals surface area contributed by atoms with Crippen LogP contribution in [0.1, 0.15) is 10.4 Å². The van der Waals surface area contributed by atoms with Gasteiger partial charge in [-0.05, 0) is 42.1 Å². The Kier molecular flexibility index (Phi) is 5.52. The molecule has 0 saturated heterocycles. The number of hydrogen-bond acceptors (Lipinski definition) is 3. The van der Waals surface area contributed by atoms with Gasteiger partial charge in [-0.3, -0.25) is 0 Å². The number of nitrogens with one attached hydrogen (secondary N) is 1. The van der Waals surface area contributed by atoms with Gasteiger partial charge in [0, 0.05) is 28.0 Å². The number of aryl methyl sites for hydroxylation is 1. The molecule has 0 aliphatic heterocycles. The van der Waals surface area contributed by atoms with E-state index in [1.54, 1.807) is 29.5 Å². The molecule has 0 fully saturated rings. The van der Waals surface area contributed by atoms with Crippen LogP contribution in [0, 0.1) is 6.92 Å². The van der Waals surface area contributed by atoms with Gasteiger partial charge in [0.2, 0.25) is 0 Å². The predicted molar refractivity (Wildman–Crippen MR) is 82.7 cm³/mol. The van der Waals surface area contributed by atoms with E-state index in [0.29, 0.717) is 22.4 Å². The van der Waals surface area contributed by atoms with Crippen molar-refractivity contribution in [2.75, 3.05) is 13.2 Å². The first kappa shape index (κ1) is 14.7. The minimum atomic E-state index is 0.584. The summed E-state index contributed by atoms with van der Waals surface area (Å²) in [5.41, 5.74) is 1.33. The summed E-state index contributed by atoms with van der Waals surface area (Å²) in [7, 11) is 0. The van der Waals surface area contributed by atoms with Gasteiger partial charge in [-0.15, -0.1) is 11.3 Å². The molecule has 2 aromatic rings. The summed E-state index contributed by atoms with van der Waals surface area (Å²) in [5, 5.41) is 6.63. The molecule has 0 aliphatic carbocycles. The first-order valence-electron chi connectivity index (χ1n) is 5.98. The Labute approximate surface area is 127 Å². The Bertz CT molecular complexity index is 522. The van der Waals surface area contributed by atoms with Crippen molar-refractivity contribution < 1.29 is 4.74 Å². The predicted octanol–water partition coefficient (Wildman–Crippen LogP) is 4.53. The summed E-state index contributed by atoms with van der Waals surface area (Å²) in [6, 6.07) is 7.34. The van der Waals surface area contributed by atoms with Crippen molar-refractivity contribution in [2.24, 2.45) is 0 Å². The van der Waals surface area contributed by atoms with Crippen LogP contribution in [0.15, 0.2) is 29.6 Å². The average Bonchev–Trinajstić information content (AvgIpc) is 2.73. The van der Waals surface area contributed by atoms with Crippen LogP contribution in [0.5, 0.6) is 5.75 Å². The van der Waals surface area contributed by atoms with E-state index in [-0.39, 0.29) is 0 Å². The highest BCUT2D eigenvalue weighted by Crippen LogP contribution is 2.24. The lowest BCUT2D eigenvalue weighted by molar-refractivity contribution is 0.314. The van der Waals surface area contributed by atoms with Gasteiger partial charge >= 0.3 is 0 Å². The number of thiophene rings is 1. The van der Waals surface area contributed by atoms with Gasteiger partial charge in [0.25, 0.3) is 0 Å². The molecule has 0 atom stereocenters. The smallest absolute Gasteiger partial charge is 0.122 e. The number of benzene rings is 1. The molecule has 1 aromatic carbocycles.